The van der Waals surface area contributed by atoms with E-state index in [-0.39, 0.29) is 5.56 Å². The third kappa shape index (κ3) is 1.71. The fourth-order valence-corrected chi connectivity index (χ4v) is 2.67. The molecule has 10 heavy (non-hydrogen) atoms. The molecule has 0 saturated carbocycles. The fourth-order valence-electron chi connectivity index (χ4n) is 0.632. The highest BCUT2D eigenvalue weighted by atomic mass is 127. The standard InChI is InChI=1S/C6H5I2NO/c1-9-3-4(7)2-5(8)6(9)10/h2-3H,1H3. The highest BCUT2D eigenvalue weighted by molar-refractivity contribution is 14.1. The second-order valence-electron chi connectivity index (χ2n) is 1.92. The van der Waals surface area contributed by atoms with E-state index in [1.165, 1.54) is 0 Å². The van der Waals surface area contributed by atoms with Gasteiger partial charge in [-0.2, -0.15) is 0 Å². The Labute approximate surface area is 85.9 Å². The molecule has 0 aliphatic carbocycles. The predicted molar refractivity (Wildman–Crippen MR) is 57.1 cm³/mol. The van der Waals surface area contributed by atoms with Crippen LogP contribution < -0.4 is 5.56 Å². The summed E-state index contributed by atoms with van der Waals surface area (Å²) in [7, 11) is 1.76. The van der Waals surface area contributed by atoms with Gasteiger partial charge in [0.1, 0.15) is 0 Å². The lowest BCUT2D eigenvalue weighted by Gasteiger charge is -1.97. The van der Waals surface area contributed by atoms with E-state index in [2.05, 4.69) is 22.6 Å². The Hall–Kier alpha value is 0.410. The van der Waals surface area contributed by atoms with Crippen molar-refractivity contribution in [3.63, 3.8) is 0 Å². The van der Waals surface area contributed by atoms with Crippen LogP contribution in [-0.2, 0) is 7.05 Å². The quantitative estimate of drug-likeness (QED) is 0.644. The van der Waals surface area contributed by atoms with Gasteiger partial charge in [0.05, 0.1) is 3.57 Å². The van der Waals surface area contributed by atoms with Gasteiger partial charge in [-0.3, -0.25) is 4.79 Å². The van der Waals surface area contributed by atoms with Crippen molar-refractivity contribution >= 4 is 45.2 Å². The van der Waals surface area contributed by atoms with Crippen LogP contribution in [0.4, 0.5) is 0 Å². The summed E-state index contributed by atoms with van der Waals surface area (Å²) in [4.78, 5) is 11.1. The monoisotopic (exact) mass is 361 g/mol. The molecule has 4 heteroatoms. The first-order valence-corrected chi connectivity index (χ1v) is 4.78. The summed E-state index contributed by atoms with van der Waals surface area (Å²) in [6.07, 6.45) is 1.81. The molecule has 0 spiro atoms. The number of aromatic nitrogens is 1. The van der Waals surface area contributed by atoms with Gasteiger partial charge in [0, 0.05) is 16.8 Å². The lowest BCUT2D eigenvalue weighted by atomic mass is 10.5. The first-order chi connectivity index (χ1) is 4.61. The van der Waals surface area contributed by atoms with Crippen molar-refractivity contribution in [2.75, 3.05) is 0 Å². The Bertz CT molecular complexity index is 279. The molecule has 0 radical (unpaired) electrons. The van der Waals surface area contributed by atoms with Crippen LogP contribution >= 0.6 is 45.2 Å². The molecular formula is C6H5I2NO. The number of hydrogen-bond donors (Lipinski definition) is 0. The number of hydrogen-bond acceptors (Lipinski definition) is 1. The maximum Gasteiger partial charge on any atom is 0.263 e. The predicted octanol–water partition coefficient (Wildman–Crippen LogP) is 1.59. The summed E-state index contributed by atoms with van der Waals surface area (Å²) in [6, 6.07) is 1.86. The average molecular weight is 361 g/mol. The largest absolute Gasteiger partial charge is 0.317 e. The van der Waals surface area contributed by atoms with Gasteiger partial charge in [-0.25, -0.2) is 0 Å². The molecule has 0 fully saturated rings. The highest BCUT2D eigenvalue weighted by Crippen LogP contribution is 2.04. The van der Waals surface area contributed by atoms with Crippen LogP contribution in [0.2, 0.25) is 0 Å². The minimum Gasteiger partial charge on any atom is -0.317 e. The van der Waals surface area contributed by atoms with Gasteiger partial charge in [-0.1, -0.05) is 0 Å². The maximum atomic E-state index is 11.1. The van der Waals surface area contributed by atoms with Gasteiger partial charge in [0.15, 0.2) is 0 Å². The Morgan fingerprint density at radius 3 is 2.60 bits per heavy atom. The van der Waals surface area contributed by atoms with Gasteiger partial charge >= 0.3 is 0 Å². The minimum atomic E-state index is 0.0704. The summed E-state index contributed by atoms with van der Waals surface area (Å²) in [6.45, 7) is 0. The summed E-state index contributed by atoms with van der Waals surface area (Å²) < 4.78 is 3.44. The first kappa shape index (κ1) is 8.51. The summed E-state index contributed by atoms with van der Waals surface area (Å²) in [5, 5.41) is 0. The van der Waals surface area contributed by atoms with Gasteiger partial charge in [0.2, 0.25) is 0 Å². The molecule has 54 valence electrons. The molecule has 0 aliphatic rings. The van der Waals surface area contributed by atoms with E-state index >= 15 is 0 Å². The van der Waals surface area contributed by atoms with Gasteiger partial charge in [0.25, 0.3) is 5.56 Å². The minimum absolute atomic E-state index is 0.0704. The molecule has 0 aliphatic heterocycles. The first-order valence-electron chi connectivity index (χ1n) is 2.63. The van der Waals surface area contributed by atoms with E-state index in [0.717, 1.165) is 7.14 Å². The summed E-state index contributed by atoms with van der Waals surface area (Å²) in [5.41, 5.74) is 0.0704. The van der Waals surface area contributed by atoms with Gasteiger partial charge in [-0.05, 0) is 51.2 Å². The van der Waals surface area contributed by atoms with E-state index in [9.17, 15) is 4.79 Å². The maximum absolute atomic E-state index is 11.1. The molecule has 0 bridgehead atoms. The number of nitrogens with zero attached hydrogens (tertiary/aromatic N) is 1. The van der Waals surface area contributed by atoms with Crippen LogP contribution in [0.3, 0.4) is 0 Å². The molecule has 0 N–H and O–H groups in total. The molecule has 2 nitrogen and oxygen atoms in total. The van der Waals surface area contributed by atoms with Gasteiger partial charge < -0.3 is 4.57 Å². The molecule has 1 aromatic heterocycles. The Balaban J connectivity index is 3.46. The van der Waals surface area contributed by atoms with Crippen LogP contribution in [0.15, 0.2) is 17.1 Å². The lowest BCUT2D eigenvalue weighted by molar-refractivity contribution is 0.847. The number of pyridine rings is 1. The van der Waals surface area contributed by atoms with Crippen molar-refractivity contribution in [3.05, 3.63) is 29.8 Å². The van der Waals surface area contributed by atoms with Crippen molar-refractivity contribution in [3.8, 4) is 0 Å². The molecule has 1 heterocycles. The van der Waals surface area contributed by atoms with Crippen LogP contribution in [0, 0.1) is 7.14 Å². The number of rotatable bonds is 0. The highest BCUT2D eigenvalue weighted by Gasteiger charge is 1.97. The number of aryl methyl sites for hydroxylation is 1. The Morgan fingerprint density at radius 1 is 1.50 bits per heavy atom. The van der Waals surface area contributed by atoms with Crippen molar-refractivity contribution < 1.29 is 0 Å². The topological polar surface area (TPSA) is 22.0 Å². The second kappa shape index (κ2) is 3.21. The van der Waals surface area contributed by atoms with E-state index in [1.807, 2.05) is 34.9 Å². The fraction of sp³-hybridized carbons (Fsp3) is 0.167. The lowest BCUT2D eigenvalue weighted by Crippen LogP contribution is -2.18. The van der Waals surface area contributed by atoms with Crippen molar-refractivity contribution in [1.29, 1.82) is 0 Å². The molecule has 1 rings (SSSR count). The zero-order chi connectivity index (χ0) is 7.72. The zero-order valence-electron chi connectivity index (χ0n) is 5.27. The van der Waals surface area contributed by atoms with Crippen molar-refractivity contribution in [1.82, 2.24) is 4.57 Å². The third-order valence-corrected chi connectivity index (χ3v) is 2.47. The molecule has 1 aromatic rings. The van der Waals surface area contributed by atoms with Crippen LogP contribution in [0.25, 0.3) is 0 Å². The van der Waals surface area contributed by atoms with E-state index in [1.54, 1.807) is 11.6 Å². The smallest absolute Gasteiger partial charge is 0.263 e. The van der Waals surface area contributed by atoms with Crippen molar-refractivity contribution in [2.45, 2.75) is 0 Å². The van der Waals surface area contributed by atoms with E-state index < -0.39 is 0 Å². The number of halogens is 2. The normalized spacial score (nSPS) is 9.90. The zero-order valence-corrected chi connectivity index (χ0v) is 9.58. The SMILES string of the molecule is Cn1cc(I)cc(I)c1=O. The molecular weight excluding hydrogens is 356 g/mol. The molecule has 0 unspecified atom stereocenters. The van der Waals surface area contributed by atoms with Crippen LogP contribution in [-0.4, -0.2) is 4.57 Å². The molecule has 0 amide bonds. The Kier molecular flexibility index (Phi) is 2.73. The van der Waals surface area contributed by atoms with Gasteiger partial charge in [-0.15, -0.1) is 0 Å². The molecule has 0 atom stereocenters. The van der Waals surface area contributed by atoms with E-state index in [0.29, 0.717) is 0 Å². The second-order valence-corrected chi connectivity index (χ2v) is 4.33. The average Bonchev–Trinajstić information content (AvgIpc) is 1.82. The molecule has 0 aromatic carbocycles. The summed E-state index contributed by atoms with van der Waals surface area (Å²) >= 11 is 4.22. The van der Waals surface area contributed by atoms with Crippen LogP contribution in [0.1, 0.15) is 0 Å². The molecule has 0 saturated heterocycles. The Morgan fingerprint density at radius 2 is 2.10 bits per heavy atom. The van der Waals surface area contributed by atoms with E-state index in [4.69, 9.17) is 0 Å². The van der Waals surface area contributed by atoms with Crippen LogP contribution in [0.5, 0.6) is 0 Å². The van der Waals surface area contributed by atoms with Crippen molar-refractivity contribution in [2.24, 2.45) is 7.05 Å². The summed E-state index contributed by atoms with van der Waals surface area (Å²) in [5.74, 6) is 0. The third-order valence-electron chi connectivity index (χ3n) is 1.11.